The minimum absolute atomic E-state index is 0.00973. The van der Waals surface area contributed by atoms with Gasteiger partial charge >= 0.3 is 0 Å². The smallest absolute Gasteiger partial charge is 0.274 e. The molecule has 0 spiro atoms. The molecule has 2 N–H and O–H groups in total. The molecule has 0 atom stereocenters. The lowest BCUT2D eigenvalue weighted by molar-refractivity contribution is -0.115. The Hall–Kier alpha value is -2.69. The van der Waals surface area contributed by atoms with Crippen LogP contribution in [-0.2, 0) is 11.3 Å². The molecule has 0 bridgehead atoms. The quantitative estimate of drug-likeness (QED) is 0.495. The third kappa shape index (κ3) is 3.38. The van der Waals surface area contributed by atoms with Crippen molar-refractivity contribution in [1.29, 1.82) is 0 Å². The first-order valence-electron chi connectivity index (χ1n) is 5.76. The highest BCUT2D eigenvalue weighted by Gasteiger charge is 2.13. The van der Waals surface area contributed by atoms with E-state index in [1.807, 2.05) is 12.1 Å². The van der Waals surface area contributed by atoms with Crippen LogP contribution >= 0.6 is 0 Å². The normalized spacial score (nSPS) is 11.1. The molecular formula is C14H13N3O2. The first-order valence-corrected chi connectivity index (χ1v) is 5.76. The largest absolute Gasteiger partial charge is 0.410 e. The molecule has 5 nitrogen and oxygen atoms in total. The van der Waals surface area contributed by atoms with Crippen molar-refractivity contribution in [2.24, 2.45) is 5.16 Å². The van der Waals surface area contributed by atoms with E-state index in [2.05, 4.69) is 15.5 Å². The van der Waals surface area contributed by atoms with Crippen molar-refractivity contribution in [3.63, 3.8) is 0 Å². The van der Waals surface area contributed by atoms with Crippen molar-refractivity contribution in [3.05, 3.63) is 66.0 Å². The van der Waals surface area contributed by atoms with E-state index in [0.717, 1.165) is 5.56 Å². The van der Waals surface area contributed by atoms with Crippen LogP contribution in [0.15, 0.2) is 60.0 Å². The van der Waals surface area contributed by atoms with E-state index in [-0.39, 0.29) is 5.71 Å². The third-order valence-corrected chi connectivity index (χ3v) is 2.54. The van der Waals surface area contributed by atoms with Crippen LogP contribution in [0.5, 0.6) is 0 Å². The van der Waals surface area contributed by atoms with Gasteiger partial charge < -0.3 is 10.5 Å². The third-order valence-electron chi connectivity index (χ3n) is 2.54. The summed E-state index contributed by atoms with van der Waals surface area (Å²) in [6.45, 7) is 0.332. The highest BCUT2D eigenvalue weighted by Crippen LogP contribution is 2.02. The maximum atomic E-state index is 11.9. The van der Waals surface area contributed by atoms with Crippen LogP contribution in [0, 0.1) is 0 Å². The van der Waals surface area contributed by atoms with E-state index >= 15 is 0 Å². The summed E-state index contributed by atoms with van der Waals surface area (Å²) in [6, 6.07) is 12.4. The van der Waals surface area contributed by atoms with Gasteiger partial charge in [0, 0.05) is 24.5 Å². The molecule has 1 amide bonds. The number of nitrogens with zero attached hydrogens (tertiary/aromatic N) is 2. The number of benzene rings is 1. The molecule has 1 heterocycles. The van der Waals surface area contributed by atoms with Crippen LogP contribution in [0.4, 0.5) is 0 Å². The van der Waals surface area contributed by atoms with E-state index in [1.165, 1.54) is 0 Å². The first kappa shape index (κ1) is 12.8. The molecular weight excluding hydrogens is 242 g/mol. The molecule has 0 aliphatic heterocycles. The van der Waals surface area contributed by atoms with E-state index in [4.69, 9.17) is 5.21 Å². The second kappa shape index (κ2) is 6.30. The molecule has 0 unspecified atom stereocenters. The second-order valence-corrected chi connectivity index (χ2v) is 3.86. The topological polar surface area (TPSA) is 74.6 Å². The zero-order valence-corrected chi connectivity index (χ0v) is 10.2. The summed E-state index contributed by atoms with van der Waals surface area (Å²) in [6.07, 6.45) is 3.33. The lowest BCUT2D eigenvalue weighted by Crippen LogP contribution is -2.31. The number of pyridine rings is 1. The summed E-state index contributed by atoms with van der Waals surface area (Å²) >= 11 is 0. The lowest BCUT2D eigenvalue weighted by atomic mass is 10.1. The molecule has 0 saturated carbocycles. The molecule has 0 fully saturated rings. The summed E-state index contributed by atoms with van der Waals surface area (Å²) in [4.78, 5) is 15.9. The standard InChI is InChI=1S/C14H13N3O2/c18-14(16-10-11-5-4-8-15-9-11)13(17-19)12-6-2-1-3-7-12/h1-9,19H,10H2,(H,16,18)/b17-13+. The predicted molar refractivity (Wildman–Crippen MR) is 70.8 cm³/mol. The Morgan fingerprint density at radius 3 is 2.63 bits per heavy atom. The minimum Gasteiger partial charge on any atom is -0.410 e. The van der Waals surface area contributed by atoms with Crippen molar-refractivity contribution in [3.8, 4) is 0 Å². The van der Waals surface area contributed by atoms with Gasteiger partial charge in [0.15, 0.2) is 5.71 Å². The maximum absolute atomic E-state index is 11.9. The molecule has 96 valence electrons. The Labute approximate surface area is 110 Å². The van der Waals surface area contributed by atoms with Gasteiger partial charge in [-0.05, 0) is 11.6 Å². The van der Waals surface area contributed by atoms with Gasteiger partial charge in [-0.3, -0.25) is 9.78 Å². The van der Waals surface area contributed by atoms with Crippen LogP contribution < -0.4 is 5.32 Å². The Bertz CT molecular complexity index is 568. The van der Waals surface area contributed by atoms with E-state index < -0.39 is 5.91 Å². The van der Waals surface area contributed by atoms with Crippen molar-refractivity contribution < 1.29 is 10.0 Å². The van der Waals surface area contributed by atoms with Gasteiger partial charge in [-0.15, -0.1) is 0 Å². The van der Waals surface area contributed by atoms with E-state index in [1.54, 1.807) is 42.7 Å². The van der Waals surface area contributed by atoms with Crippen LogP contribution in [0.1, 0.15) is 11.1 Å². The summed E-state index contributed by atoms with van der Waals surface area (Å²) in [5.41, 5.74) is 1.43. The summed E-state index contributed by atoms with van der Waals surface area (Å²) in [7, 11) is 0. The van der Waals surface area contributed by atoms with Gasteiger partial charge in [0.2, 0.25) is 0 Å². The zero-order valence-electron chi connectivity index (χ0n) is 10.2. The highest BCUT2D eigenvalue weighted by molar-refractivity contribution is 6.45. The zero-order chi connectivity index (χ0) is 13.5. The van der Waals surface area contributed by atoms with Gasteiger partial charge in [0.25, 0.3) is 5.91 Å². The molecule has 2 aromatic rings. The molecule has 0 radical (unpaired) electrons. The fraction of sp³-hybridized carbons (Fsp3) is 0.0714. The first-order chi connectivity index (χ1) is 9.31. The van der Waals surface area contributed by atoms with Crippen LogP contribution in [-0.4, -0.2) is 21.8 Å². The van der Waals surface area contributed by atoms with Gasteiger partial charge in [0.05, 0.1) is 0 Å². The summed E-state index contributed by atoms with van der Waals surface area (Å²) in [5.74, 6) is -0.433. The minimum atomic E-state index is -0.433. The monoisotopic (exact) mass is 255 g/mol. The SMILES string of the molecule is O=C(NCc1cccnc1)/C(=N/O)c1ccccc1. The van der Waals surface area contributed by atoms with Crippen molar-refractivity contribution in [2.75, 3.05) is 0 Å². The van der Waals surface area contributed by atoms with Gasteiger partial charge in [0.1, 0.15) is 0 Å². The number of rotatable bonds is 4. The average Bonchev–Trinajstić information content (AvgIpc) is 2.48. The van der Waals surface area contributed by atoms with Crippen molar-refractivity contribution in [2.45, 2.75) is 6.54 Å². The molecule has 0 aliphatic carbocycles. The highest BCUT2D eigenvalue weighted by atomic mass is 16.4. The number of amides is 1. The molecule has 0 saturated heterocycles. The molecule has 1 aromatic heterocycles. The molecule has 5 heteroatoms. The molecule has 0 aliphatic rings. The fourth-order valence-corrected chi connectivity index (χ4v) is 1.60. The Balaban J connectivity index is 2.03. The Morgan fingerprint density at radius 2 is 2.00 bits per heavy atom. The van der Waals surface area contributed by atoms with Crippen LogP contribution in [0.2, 0.25) is 0 Å². The number of carbonyl (C=O) groups excluding carboxylic acids is 1. The van der Waals surface area contributed by atoms with Crippen molar-refractivity contribution in [1.82, 2.24) is 10.3 Å². The predicted octanol–water partition coefficient (Wildman–Crippen LogP) is 1.58. The lowest BCUT2D eigenvalue weighted by Gasteiger charge is -2.06. The average molecular weight is 255 g/mol. The molecule has 19 heavy (non-hydrogen) atoms. The van der Waals surface area contributed by atoms with Crippen LogP contribution in [0.3, 0.4) is 0 Å². The fourth-order valence-electron chi connectivity index (χ4n) is 1.60. The maximum Gasteiger partial charge on any atom is 0.274 e. The van der Waals surface area contributed by atoms with E-state index in [9.17, 15) is 4.79 Å². The number of oxime groups is 1. The molecule has 1 aromatic carbocycles. The summed E-state index contributed by atoms with van der Waals surface area (Å²) in [5, 5.41) is 14.7. The van der Waals surface area contributed by atoms with Gasteiger partial charge in [-0.2, -0.15) is 0 Å². The number of carbonyl (C=O) groups is 1. The molecule has 2 rings (SSSR count). The number of hydrogen-bond acceptors (Lipinski definition) is 4. The van der Waals surface area contributed by atoms with E-state index in [0.29, 0.717) is 12.1 Å². The summed E-state index contributed by atoms with van der Waals surface area (Å²) < 4.78 is 0. The van der Waals surface area contributed by atoms with Gasteiger partial charge in [-0.1, -0.05) is 41.6 Å². The van der Waals surface area contributed by atoms with Crippen molar-refractivity contribution >= 4 is 11.6 Å². The van der Waals surface area contributed by atoms with Gasteiger partial charge in [-0.25, -0.2) is 0 Å². The number of hydrogen-bond donors (Lipinski definition) is 2. The van der Waals surface area contributed by atoms with Crippen LogP contribution in [0.25, 0.3) is 0 Å². The second-order valence-electron chi connectivity index (χ2n) is 3.86. The number of aromatic nitrogens is 1. The Kier molecular flexibility index (Phi) is 4.23. The number of nitrogens with one attached hydrogen (secondary N) is 1. The Morgan fingerprint density at radius 1 is 1.21 bits per heavy atom.